The second kappa shape index (κ2) is 6.54. The molecule has 0 radical (unpaired) electrons. The van der Waals surface area contributed by atoms with Crippen molar-refractivity contribution < 1.29 is 0 Å². The van der Waals surface area contributed by atoms with E-state index in [0.717, 1.165) is 4.47 Å². The normalized spacial score (nSPS) is 17.0. The van der Waals surface area contributed by atoms with Crippen LogP contribution in [0.15, 0.2) is 120 Å². The van der Waals surface area contributed by atoms with Gasteiger partial charge in [-0.1, -0.05) is 125 Å². The molecule has 32 heavy (non-hydrogen) atoms. The van der Waals surface area contributed by atoms with Crippen LogP contribution >= 0.6 is 15.9 Å². The molecular weight excluding hydrogens is 452 g/mol. The highest BCUT2D eigenvalue weighted by Gasteiger charge is 2.52. The smallest absolute Gasteiger partial charge is 0.0622 e. The molecule has 1 spiro atoms. The Labute approximate surface area is 196 Å². The zero-order valence-electron chi connectivity index (χ0n) is 17.3. The van der Waals surface area contributed by atoms with Gasteiger partial charge in [0.1, 0.15) is 0 Å². The van der Waals surface area contributed by atoms with Crippen LogP contribution in [0.4, 0.5) is 0 Å². The molecule has 0 saturated heterocycles. The van der Waals surface area contributed by atoms with Crippen molar-refractivity contribution in [3.8, 4) is 33.4 Å². The molecule has 7 rings (SSSR count). The molecule has 0 bridgehead atoms. The Bertz CT molecular complexity index is 1530. The van der Waals surface area contributed by atoms with E-state index in [4.69, 9.17) is 0 Å². The van der Waals surface area contributed by atoms with Crippen LogP contribution in [-0.2, 0) is 5.41 Å². The van der Waals surface area contributed by atoms with Crippen LogP contribution in [0.25, 0.3) is 33.4 Å². The fraction of sp³-hybridized carbons (Fsp3) is 0.0323. The van der Waals surface area contributed by atoms with Crippen molar-refractivity contribution in [2.24, 2.45) is 0 Å². The Hall–Kier alpha value is -3.42. The third-order valence-corrected chi connectivity index (χ3v) is 7.82. The van der Waals surface area contributed by atoms with Crippen molar-refractivity contribution in [3.63, 3.8) is 0 Å². The number of rotatable bonds is 1. The lowest BCUT2D eigenvalue weighted by atomic mass is 9.68. The van der Waals surface area contributed by atoms with Gasteiger partial charge in [-0.25, -0.2) is 0 Å². The first-order valence-corrected chi connectivity index (χ1v) is 11.8. The molecule has 0 saturated carbocycles. The van der Waals surface area contributed by atoms with Gasteiger partial charge in [0, 0.05) is 10.0 Å². The summed E-state index contributed by atoms with van der Waals surface area (Å²) in [4.78, 5) is 0. The molecule has 1 atom stereocenters. The summed E-state index contributed by atoms with van der Waals surface area (Å²) >= 11 is 3.89. The summed E-state index contributed by atoms with van der Waals surface area (Å²) in [5, 5.41) is 0. The zero-order chi connectivity index (χ0) is 21.3. The van der Waals surface area contributed by atoms with Gasteiger partial charge in [0.15, 0.2) is 0 Å². The van der Waals surface area contributed by atoms with Gasteiger partial charge in [-0.15, -0.1) is 0 Å². The molecule has 0 heterocycles. The fourth-order valence-corrected chi connectivity index (χ4v) is 6.64. The maximum atomic E-state index is 3.89. The highest BCUT2D eigenvalue weighted by atomic mass is 79.9. The van der Waals surface area contributed by atoms with E-state index in [-0.39, 0.29) is 5.41 Å². The Morgan fingerprint density at radius 1 is 0.438 bits per heavy atom. The fourth-order valence-electron chi connectivity index (χ4n) is 6.06. The van der Waals surface area contributed by atoms with Crippen molar-refractivity contribution >= 4 is 15.9 Å². The Morgan fingerprint density at radius 3 is 1.81 bits per heavy atom. The van der Waals surface area contributed by atoms with Crippen LogP contribution < -0.4 is 0 Å². The molecule has 0 amide bonds. The summed E-state index contributed by atoms with van der Waals surface area (Å²) in [6, 6.07) is 42.2. The van der Waals surface area contributed by atoms with E-state index in [1.54, 1.807) is 0 Å². The molecule has 1 unspecified atom stereocenters. The summed E-state index contributed by atoms with van der Waals surface area (Å²) in [6.07, 6.45) is 0. The van der Waals surface area contributed by atoms with Gasteiger partial charge in [0.2, 0.25) is 0 Å². The summed E-state index contributed by atoms with van der Waals surface area (Å²) in [5.41, 5.74) is 13.1. The van der Waals surface area contributed by atoms with Gasteiger partial charge in [-0.3, -0.25) is 0 Å². The predicted octanol–water partition coefficient (Wildman–Crippen LogP) is 8.46. The van der Waals surface area contributed by atoms with Gasteiger partial charge in [-0.2, -0.15) is 0 Å². The Kier molecular flexibility index (Phi) is 3.72. The lowest BCUT2D eigenvalue weighted by molar-refractivity contribution is 0.795. The average Bonchev–Trinajstić information content (AvgIpc) is 3.33. The SMILES string of the molecule is Brc1cccc2c1-c1ccccc1C21c2ccccc2-c2cccc(-c3ccccc3)c21. The molecule has 2 aliphatic rings. The van der Waals surface area contributed by atoms with Crippen LogP contribution in [0.3, 0.4) is 0 Å². The molecule has 0 nitrogen and oxygen atoms in total. The number of fused-ring (bicyclic) bond motifs is 10. The first kappa shape index (κ1) is 18.2. The van der Waals surface area contributed by atoms with Gasteiger partial charge < -0.3 is 0 Å². The van der Waals surface area contributed by atoms with Crippen LogP contribution in [0.5, 0.6) is 0 Å². The van der Waals surface area contributed by atoms with Crippen LogP contribution in [0.2, 0.25) is 0 Å². The van der Waals surface area contributed by atoms with Crippen molar-refractivity contribution in [2.75, 3.05) is 0 Å². The lowest BCUT2D eigenvalue weighted by Crippen LogP contribution is -2.26. The van der Waals surface area contributed by atoms with E-state index in [0.29, 0.717) is 0 Å². The Morgan fingerprint density at radius 2 is 1.00 bits per heavy atom. The highest BCUT2D eigenvalue weighted by molar-refractivity contribution is 9.10. The lowest BCUT2D eigenvalue weighted by Gasteiger charge is -2.32. The second-order valence-electron chi connectivity index (χ2n) is 8.60. The first-order valence-electron chi connectivity index (χ1n) is 11.0. The predicted molar refractivity (Wildman–Crippen MR) is 136 cm³/mol. The topological polar surface area (TPSA) is 0 Å². The number of benzene rings is 5. The zero-order valence-corrected chi connectivity index (χ0v) is 18.9. The van der Waals surface area contributed by atoms with E-state index >= 15 is 0 Å². The van der Waals surface area contributed by atoms with Gasteiger partial charge >= 0.3 is 0 Å². The Balaban J connectivity index is 1.73. The molecule has 0 fully saturated rings. The summed E-state index contributed by atoms with van der Waals surface area (Å²) in [7, 11) is 0. The van der Waals surface area contributed by atoms with Gasteiger partial charge in [0.05, 0.1) is 5.41 Å². The molecular formula is C31H19Br. The maximum Gasteiger partial charge on any atom is 0.0731 e. The standard InChI is InChI=1S/C31H19Br/c32-28-19-9-18-27-29(28)24-13-5-7-17-26(24)31(27)25-16-6-4-12-22(25)23-15-8-14-21(30(23)31)20-10-2-1-3-11-20/h1-19H. The molecule has 0 aliphatic heterocycles. The van der Waals surface area contributed by atoms with Gasteiger partial charge in [-0.05, 0) is 56.1 Å². The number of hydrogen-bond acceptors (Lipinski definition) is 0. The minimum absolute atomic E-state index is 0.325. The maximum absolute atomic E-state index is 3.89. The van der Waals surface area contributed by atoms with E-state index in [9.17, 15) is 0 Å². The van der Waals surface area contributed by atoms with Crippen LogP contribution in [0, 0.1) is 0 Å². The largest absolute Gasteiger partial charge is 0.0731 e. The minimum Gasteiger partial charge on any atom is -0.0622 e. The quantitative estimate of drug-likeness (QED) is 0.225. The van der Waals surface area contributed by atoms with E-state index in [1.165, 1.54) is 55.6 Å². The third-order valence-electron chi connectivity index (χ3n) is 7.16. The van der Waals surface area contributed by atoms with E-state index in [2.05, 4.69) is 131 Å². The molecule has 5 aromatic carbocycles. The highest BCUT2D eigenvalue weighted by Crippen LogP contribution is 2.65. The van der Waals surface area contributed by atoms with Crippen molar-refractivity contribution in [3.05, 3.63) is 142 Å². The van der Waals surface area contributed by atoms with E-state index < -0.39 is 0 Å². The summed E-state index contributed by atoms with van der Waals surface area (Å²) in [5.74, 6) is 0. The van der Waals surface area contributed by atoms with Crippen molar-refractivity contribution in [1.82, 2.24) is 0 Å². The summed E-state index contributed by atoms with van der Waals surface area (Å²) < 4.78 is 1.16. The summed E-state index contributed by atoms with van der Waals surface area (Å²) in [6.45, 7) is 0. The molecule has 0 N–H and O–H groups in total. The number of halogens is 1. The first-order chi connectivity index (χ1) is 15.8. The van der Waals surface area contributed by atoms with Crippen molar-refractivity contribution in [1.29, 1.82) is 0 Å². The third kappa shape index (κ3) is 2.12. The van der Waals surface area contributed by atoms with Crippen LogP contribution in [0.1, 0.15) is 22.3 Å². The van der Waals surface area contributed by atoms with Crippen LogP contribution in [-0.4, -0.2) is 0 Å². The molecule has 0 aromatic heterocycles. The molecule has 1 heteroatoms. The second-order valence-corrected chi connectivity index (χ2v) is 9.45. The molecule has 2 aliphatic carbocycles. The van der Waals surface area contributed by atoms with Crippen molar-refractivity contribution in [2.45, 2.75) is 5.41 Å². The molecule has 150 valence electrons. The number of hydrogen-bond donors (Lipinski definition) is 0. The molecule has 5 aromatic rings. The monoisotopic (exact) mass is 470 g/mol. The van der Waals surface area contributed by atoms with E-state index in [1.807, 2.05) is 0 Å². The minimum atomic E-state index is -0.325. The average molecular weight is 471 g/mol. The van der Waals surface area contributed by atoms with Gasteiger partial charge in [0.25, 0.3) is 0 Å².